The molecule has 0 bridgehead atoms. The highest BCUT2D eigenvalue weighted by Crippen LogP contribution is 2.22. The van der Waals surface area contributed by atoms with Crippen LogP contribution in [0.4, 0.5) is 0 Å². The summed E-state index contributed by atoms with van der Waals surface area (Å²) < 4.78 is 0. The third kappa shape index (κ3) is 8.42. The Balaban J connectivity index is 0.000000136. The van der Waals surface area contributed by atoms with Gasteiger partial charge >= 0.3 is 0 Å². The summed E-state index contributed by atoms with van der Waals surface area (Å²) in [5.74, 6) is 0. The van der Waals surface area contributed by atoms with Gasteiger partial charge in [0.2, 0.25) is 0 Å². The zero-order valence-corrected chi connectivity index (χ0v) is 23.1. The molecule has 0 aliphatic rings. The molecule has 0 unspecified atom stereocenters. The minimum atomic E-state index is 1.28. The maximum atomic E-state index is 2.20. The van der Waals surface area contributed by atoms with Crippen LogP contribution in [-0.4, -0.2) is 0 Å². The summed E-state index contributed by atoms with van der Waals surface area (Å²) >= 11 is 0. The maximum absolute atomic E-state index is 2.20. The van der Waals surface area contributed by atoms with Crippen molar-refractivity contribution in [1.82, 2.24) is 0 Å². The zero-order chi connectivity index (χ0) is 27.3. The van der Waals surface area contributed by atoms with Gasteiger partial charge in [-0.1, -0.05) is 175 Å². The predicted molar refractivity (Wildman–Crippen MR) is 170 cm³/mol. The molecule has 0 heteroatoms. The van der Waals surface area contributed by atoms with Crippen LogP contribution in [0, 0.1) is 20.8 Å². The molecule has 0 aliphatic heterocycles. The molecule has 0 nitrogen and oxygen atoms in total. The fourth-order valence-electron chi connectivity index (χ4n) is 4.35. The standard InChI is InChI=1S/3C13H12/c1-11-7-5-6-10-13(11)12-8-3-2-4-9-12;1-11-6-5-9-13(10-11)12-7-3-2-4-8-12;1-11-7-9-13(10-8-11)12-5-3-2-4-6-12/h3*2-10H,1H3. The quantitative estimate of drug-likeness (QED) is 0.225. The summed E-state index contributed by atoms with van der Waals surface area (Å²) in [6.07, 6.45) is 0. The van der Waals surface area contributed by atoms with Crippen molar-refractivity contribution in [2.45, 2.75) is 20.8 Å². The molecule has 0 saturated heterocycles. The Labute approximate surface area is 234 Å². The monoisotopic (exact) mass is 504 g/mol. The Morgan fingerprint density at radius 1 is 0.282 bits per heavy atom. The van der Waals surface area contributed by atoms with E-state index in [2.05, 4.69) is 166 Å². The molecule has 0 spiro atoms. The molecule has 0 aromatic heterocycles. The lowest BCUT2D eigenvalue weighted by Crippen LogP contribution is -1.80. The van der Waals surface area contributed by atoms with Crippen LogP contribution in [0.5, 0.6) is 0 Å². The highest BCUT2D eigenvalue weighted by Gasteiger charge is 1.98. The molecule has 0 amide bonds. The van der Waals surface area contributed by atoms with Gasteiger partial charge in [-0.05, 0) is 59.7 Å². The molecule has 0 fully saturated rings. The van der Waals surface area contributed by atoms with Gasteiger partial charge in [-0.25, -0.2) is 0 Å². The molecule has 0 radical (unpaired) electrons. The molecule has 6 rings (SSSR count). The first kappa shape index (κ1) is 27.4. The lowest BCUT2D eigenvalue weighted by atomic mass is 10.0. The second-order valence-corrected chi connectivity index (χ2v) is 9.65. The van der Waals surface area contributed by atoms with Gasteiger partial charge in [0, 0.05) is 0 Å². The van der Waals surface area contributed by atoms with E-state index in [4.69, 9.17) is 0 Å². The number of benzene rings is 6. The zero-order valence-electron chi connectivity index (χ0n) is 23.1. The highest BCUT2D eigenvalue weighted by atomic mass is 14.0. The second kappa shape index (κ2) is 14.3. The molecule has 0 atom stereocenters. The molecule has 0 heterocycles. The Bertz CT molecular complexity index is 1530. The van der Waals surface area contributed by atoms with Crippen LogP contribution in [0.2, 0.25) is 0 Å². The van der Waals surface area contributed by atoms with Crippen LogP contribution in [0.15, 0.2) is 164 Å². The van der Waals surface area contributed by atoms with Crippen LogP contribution >= 0.6 is 0 Å². The Morgan fingerprint density at radius 2 is 0.718 bits per heavy atom. The second-order valence-electron chi connectivity index (χ2n) is 9.65. The Morgan fingerprint density at radius 3 is 1.26 bits per heavy atom. The van der Waals surface area contributed by atoms with E-state index in [1.807, 2.05) is 18.2 Å². The lowest BCUT2D eigenvalue weighted by molar-refractivity contribution is 1.46. The lowest BCUT2D eigenvalue weighted by Gasteiger charge is -2.04. The van der Waals surface area contributed by atoms with Crippen LogP contribution in [0.25, 0.3) is 33.4 Å². The van der Waals surface area contributed by atoms with Gasteiger partial charge in [-0.2, -0.15) is 0 Å². The minimum Gasteiger partial charge on any atom is -0.0622 e. The average Bonchev–Trinajstić information content (AvgIpc) is 3.00. The summed E-state index contributed by atoms with van der Waals surface area (Å²) in [7, 11) is 0. The number of hydrogen-bond donors (Lipinski definition) is 0. The van der Waals surface area contributed by atoms with E-state index < -0.39 is 0 Å². The van der Waals surface area contributed by atoms with E-state index in [0.29, 0.717) is 0 Å². The number of hydrogen-bond acceptors (Lipinski definition) is 0. The van der Waals surface area contributed by atoms with Crippen molar-refractivity contribution in [2.24, 2.45) is 0 Å². The molecule has 0 saturated carbocycles. The average molecular weight is 505 g/mol. The first-order valence-electron chi connectivity index (χ1n) is 13.5. The van der Waals surface area contributed by atoms with Crippen molar-refractivity contribution in [3.05, 3.63) is 180 Å². The van der Waals surface area contributed by atoms with E-state index in [1.54, 1.807) is 0 Å². The van der Waals surface area contributed by atoms with Crippen LogP contribution in [0.1, 0.15) is 16.7 Å². The van der Waals surface area contributed by atoms with Crippen molar-refractivity contribution in [3.63, 3.8) is 0 Å². The molecule has 192 valence electrons. The van der Waals surface area contributed by atoms with Gasteiger partial charge < -0.3 is 0 Å². The number of rotatable bonds is 3. The summed E-state index contributed by atoms with van der Waals surface area (Å²) in [5, 5.41) is 0. The first-order chi connectivity index (χ1) is 19.1. The van der Waals surface area contributed by atoms with Crippen LogP contribution in [0.3, 0.4) is 0 Å². The molecular weight excluding hydrogens is 468 g/mol. The van der Waals surface area contributed by atoms with Crippen molar-refractivity contribution in [3.8, 4) is 33.4 Å². The SMILES string of the molecule is Cc1ccc(-c2ccccc2)cc1.Cc1cccc(-c2ccccc2)c1.Cc1ccccc1-c1ccccc1. The highest BCUT2D eigenvalue weighted by molar-refractivity contribution is 5.67. The smallest absolute Gasteiger partial charge is 0.0155 e. The van der Waals surface area contributed by atoms with Gasteiger partial charge in [-0.3, -0.25) is 0 Å². The summed E-state index contributed by atoms with van der Waals surface area (Å²) in [4.78, 5) is 0. The Hall–Kier alpha value is -4.68. The van der Waals surface area contributed by atoms with Crippen LogP contribution < -0.4 is 0 Å². The van der Waals surface area contributed by atoms with Gasteiger partial charge in [0.15, 0.2) is 0 Å². The van der Waals surface area contributed by atoms with E-state index in [-0.39, 0.29) is 0 Å². The topological polar surface area (TPSA) is 0 Å². The van der Waals surface area contributed by atoms with E-state index in [1.165, 1.54) is 50.1 Å². The molecule has 0 N–H and O–H groups in total. The largest absolute Gasteiger partial charge is 0.0622 e. The fourth-order valence-corrected chi connectivity index (χ4v) is 4.35. The predicted octanol–water partition coefficient (Wildman–Crippen LogP) is 11.0. The molecule has 6 aromatic rings. The summed E-state index contributed by atoms with van der Waals surface area (Å²) in [6, 6.07) is 56.9. The molecule has 39 heavy (non-hydrogen) atoms. The van der Waals surface area contributed by atoms with Crippen LogP contribution in [-0.2, 0) is 0 Å². The maximum Gasteiger partial charge on any atom is -0.0155 e. The molecule has 6 aromatic carbocycles. The van der Waals surface area contributed by atoms with E-state index >= 15 is 0 Å². The minimum absolute atomic E-state index is 1.28. The third-order valence-electron chi connectivity index (χ3n) is 6.51. The van der Waals surface area contributed by atoms with Crippen molar-refractivity contribution >= 4 is 0 Å². The van der Waals surface area contributed by atoms with E-state index in [0.717, 1.165) is 0 Å². The Kier molecular flexibility index (Phi) is 10.0. The van der Waals surface area contributed by atoms with Gasteiger partial charge in [0.05, 0.1) is 0 Å². The summed E-state index contributed by atoms with van der Waals surface area (Å²) in [6.45, 7) is 6.36. The first-order valence-corrected chi connectivity index (χ1v) is 13.5. The van der Waals surface area contributed by atoms with Gasteiger partial charge in [0.1, 0.15) is 0 Å². The molecule has 0 aliphatic carbocycles. The van der Waals surface area contributed by atoms with Crippen molar-refractivity contribution in [1.29, 1.82) is 0 Å². The normalized spacial score (nSPS) is 9.92. The van der Waals surface area contributed by atoms with Crippen molar-refractivity contribution < 1.29 is 0 Å². The number of aryl methyl sites for hydroxylation is 3. The van der Waals surface area contributed by atoms with Crippen molar-refractivity contribution in [2.75, 3.05) is 0 Å². The molecular formula is C39H36. The third-order valence-corrected chi connectivity index (χ3v) is 6.51. The summed E-state index contributed by atoms with van der Waals surface area (Å²) in [5.41, 5.74) is 11.7. The fraction of sp³-hybridized carbons (Fsp3) is 0.0769. The van der Waals surface area contributed by atoms with Gasteiger partial charge in [0.25, 0.3) is 0 Å². The van der Waals surface area contributed by atoms with E-state index in [9.17, 15) is 0 Å². The van der Waals surface area contributed by atoms with Gasteiger partial charge in [-0.15, -0.1) is 0 Å².